The first-order valence-corrected chi connectivity index (χ1v) is 7.19. The molecule has 0 aromatic heterocycles. The molecule has 0 radical (unpaired) electrons. The number of carbonyl (C=O) groups is 2. The molecule has 2 amide bonds. The van der Waals surface area contributed by atoms with E-state index in [1.807, 2.05) is 6.92 Å². The minimum Gasteiger partial charge on any atom is -0.368 e. The number of rotatable bonds is 6. The Kier molecular flexibility index (Phi) is 6.28. The van der Waals surface area contributed by atoms with Gasteiger partial charge in [-0.05, 0) is 32.1 Å². The van der Waals surface area contributed by atoms with Crippen molar-refractivity contribution >= 4 is 11.8 Å². The SMILES string of the molecule is CC[C@H](O[C@@H]1CCC[C@H](C)C1)C(=O)N[C@H](C)C(N)=O. The van der Waals surface area contributed by atoms with Crippen LogP contribution in [0, 0.1) is 5.92 Å². The summed E-state index contributed by atoms with van der Waals surface area (Å²) in [4.78, 5) is 22.9. The number of ether oxygens (including phenoxy) is 1. The van der Waals surface area contributed by atoms with E-state index in [0.29, 0.717) is 12.3 Å². The molecule has 0 aromatic rings. The van der Waals surface area contributed by atoms with Crippen LogP contribution in [0.1, 0.15) is 52.9 Å². The molecule has 19 heavy (non-hydrogen) atoms. The van der Waals surface area contributed by atoms with Gasteiger partial charge in [-0.25, -0.2) is 0 Å². The molecule has 0 heterocycles. The van der Waals surface area contributed by atoms with Crippen LogP contribution in [0.3, 0.4) is 0 Å². The molecule has 1 saturated carbocycles. The standard InChI is InChI=1S/C14H26N2O3/c1-4-12(14(18)16-10(3)13(15)17)19-11-7-5-6-9(2)8-11/h9-12H,4-8H2,1-3H3,(H2,15,17)(H,16,18)/t9-,10+,11+,12-/m0/s1. The van der Waals surface area contributed by atoms with E-state index < -0.39 is 18.1 Å². The summed E-state index contributed by atoms with van der Waals surface area (Å²) in [6.45, 7) is 5.70. The number of carbonyl (C=O) groups excluding carboxylic acids is 2. The molecule has 1 fully saturated rings. The number of hydrogen-bond acceptors (Lipinski definition) is 3. The maximum absolute atomic E-state index is 12.0. The predicted octanol–water partition coefficient (Wildman–Crippen LogP) is 1.35. The molecule has 110 valence electrons. The first-order valence-electron chi connectivity index (χ1n) is 7.19. The van der Waals surface area contributed by atoms with Crippen molar-refractivity contribution in [3.63, 3.8) is 0 Å². The van der Waals surface area contributed by atoms with Crippen molar-refractivity contribution in [2.75, 3.05) is 0 Å². The summed E-state index contributed by atoms with van der Waals surface area (Å²) in [6, 6.07) is -0.657. The summed E-state index contributed by atoms with van der Waals surface area (Å²) in [6.07, 6.45) is 4.68. The molecule has 1 rings (SSSR count). The minimum atomic E-state index is -0.657. The van der Waals surface area contributed by atoms with Gasteiger partial charge in [-0.1, -0.05) is 26.7 Å². The Bertz CT molecular complexity index is 320. The smallest absolute Gasteiger partial charge is 0.249 e. The number of hydrogen-bond donors (Lipinski definition) is 2. The lowest BCUT2D eigenvalue weighted by Gasteiger charge is -2.30. The van der Waals surface area contributed by atoms with Crippen molar-refractivity contribution in [3.05, 3.63) is 0 Å². The van der Waals surface area contributed by atoms with E-state index >= 15 is 0 Å². The molecule has 5 nitrogen and oxygen atoms in total. The highest BCUT2D eigenvalue weighted by molar-refractivity contribution is 5.88. The lowest BCUT2D eigenvalue weighted by Crippen LogP contribution is -2.47. The number of amides is 2. The largest absolute Gasteiger partial charge is 0.368 e. The Labute approximate surface area is 115 Å². The van der Waals surface area contributed by atoms with Crippen LogP contribution in [0.2, 0.25) is 0 Å². The van der Waals surface area contributed by atoms with Gasteiger partial charge >= 0.3 is 0 Å². The van der Waals surface area contributed by atoms with Gasteiger partial charge in [0.1, 0.15) is 12.1 Å². The Morgan fingerprint density at radius 1 is 1.42 bits per heavy atom. The Morgan fingerprint density at radius 3 is 2.63 bits per heavy atom. The van der Waals surface area contributed by atoms with Crippen LogP contribution in [0.4, 0.5) is 0 Å². The average Bonchev–Trinajstić information content (AvgIpc) is 2.35. The quantitative estimate of drug-likeness (QED) is 0.764. The van der Waals surface area contributed by atoms with Gasteiger partial charge in [-0.2, -0.15) is 0 Å². The van der Waals surface area contributed by atoms with Crippen LogP contribution in [0.15, 0.2) is 0 Å². The van der Waals surface area contributed by atoms with E-state index in [1.54, 1.807) is 6.92 Å². The number of nitrogens with one attached hydrogen (secondary N) is 1. The summed E-state index contributed by atoms with van der Waals surface area (Å²) in [5.41, 5.74) is 5.13. The summed E-state index contributed by atoms with van der Waals surface area (Å²) in [5, 5.41) is 2.59. The van der Waals surface area contributed by atoms with Crippen molar-refractivity contribution < 1.29 is 14.3 Å². The molecule has 0 spiro atoms. The molecule has 0 unspecified atom stereocenters. The third kappa shape index (κ3) is 5.19. The van der Waals surface area contributed by atoms with E-state index in [1.165, 1.54) is 6.42 Å². The zero-order chi connectivity index (χ0) is 14.4. The fourth-order valence-corrected chi connectivity index (χ4v) is 2.46. The van der Waals surface area contributed by atoms with Gasteiger partial charge in [0.2, 0.25) is 11.8 Å². The second-order valence-electron chi connectivity index (χ2n) is 5.56. The third-order valence-corrected chi connectivity index (χ3v) is 3.69. The highest BCUT2D eigenvalue weighted by Crippen LogP contribution is 2.26. The fraction of sp³-hybridized carbons (Fsp3) is 0.857. The van der Waals surface area contributed by atoms with Crippen LogP contribution in [0.25, 0.3) is 0 Å². The molecule has 4 atom stereocenters. The van der Waals surface area contributed by atoms with Crippen LogP contribution in [-0.4, -0.2) is 30.1 Å². The highest BCUT2D eigenvalue weighted by Gasteiger charge is 2.27. The third-order valence-electron chi connectivity index (χ3n) is 3.69. The summed E-state index contributed by atoms with van der Waals surface area (Å²) in [5.74, 6) is -0.120. The van der Waals surface area contributed by atoms with Crippen molar-refractivity contribution in [2.45, 2.75) is 71.1 Å². The predicted molar refractivity (Wildman–Crippen MR) is 73.4 cm³/mol. The van der Waals surface area contributed by atoms with Gasteiger partial charge in [0, 0.05) is 0 Å². The summed E-state index contributed by atoms with van der Waals surface area (Å²) < 4.78 is 5.89. The molecule has 3 N–H and O–H groups in total. The maximum Gasteiger partial charge on any atom is 0.249 e. The number of primary amides is 1. The zero-order valence-electron chi connectivity index (χ0n) is 12.1. The lowest BCUT2D eigenvalue weighted by atomic mass is 9.88. The minimum absolute atomic E-state index is 0.156. The van der Waals surface area contributed by atoms with Crippen LogP contribution in [0.5, 0.6) is 0 Å². The van der Waals surface area contributed by atoms with Crippen molar-refractivity contribution in [1.82, 2.24) is 5.32 Å². The van der Waals surface area contributed by atoms with E-state index in [2.05, 4.69) is 12.2 Å². The van der Waals surface area contributed by atoms with Gasteiger partial charge in [-0.15, -0.1) is 0 Å². The Balaban J connectivity index is 2.47. The topological polar surface area (TPSA) is 81.4 Å². The first kappa shape index (κ1) is 16.0. The monoisotopic (exact) mass is 270 g/mol. The normalized spacial score (nSPS) is 26.5. The van der Waals surface area contributed by atoms with Crippen LogP contribution < -0.4 is 11.1 Å². The number of nitrogens with two attached hydrogens (primary N) is 1. The van der Waals surface area contributed by atoms with Gasteiger partial charge in [0.25, 0.3) is 0 Å². The molecular formula is C14H26N2O3. The van der Waals surface area contributed by atoms with E-state index in [-0.39, 0.29) is 12.0 Å². The van der Waals surface area contributed by atoms with Crippen molar-refractivity contribution in [3.8, 4) is 0 Å². The van der Waals surface area contributed by atoms with Crippen molar-refractivity contribution in [2.24, 2.45) is 11.7 Å². The molecule has 0 aliphatic heterocycles. The van der Waals surface area contributed by atoms with Gasteiger partial charge in [0.05, 0.1) is 6.10 Å². The molecule has 0 saturated heterocycles. The second-order valence-corrected chi connectivity index (χ2v) is 5.56. The van der Waals surface area contributed by atoms with Crippen LogP contribution >= 0.6 is 0 Å². The van der Waals surface area contributed by atoms with Gasteiger partial charge in [-0.3, -0.25) is 9.59 Å². The van der Waals surface area contributed by atoms with E-state index in [4.69, 9.17) is 10.5 Å². The molecule has 0 aromatic carbocycles. The molecule has 1 aliphatic rings. The molecule has 5 heteroatoms. The summed E-state index contributed by atoms with van der Waals surface area (Å²) >= 11 is 0. The zero-order valence-corrected chi connectivity index (χ0v) is 12.1. The Hall–Kier alpha value is -1.10. The van der Waals surface area contributed by atoms with E-state index in [0.717, 1.165) is 19.3 Å². The highest BCUT2D eigenvalue weighted by atomic mass is 16.5. The summed E-state index contributed by atoms with van der Waals surface area (Å²) in [7, 11) is 0. The van der Waals surface area contributed by atoms with E-state index in [9.17, 15) is 9.59 Å². The van der Waals surface area contributed by atoms with Crippen LogP contribution in [-0.2, 0) is 14.3 Å². The fourth-order valence-electron chi connectivity index (χ4n) is 2.46. The van der Waals surface area contributed by atoms with Gasteiger partial charge < -0.3 is 15.8 Å². The molecule has 1 aliphatic carbocycles. The average molecular weight is 270 g/mol. The maximum atomic E-state index is 12.0. The lowest BCUT2D eigenvalue weighted by molar-refractivity contribution is -0.141. The second kappa shape index (κ2) is 7.48. The Morgan fingerprint density at radius 2 is 2.11 bits per heavy atom. The van der Waals surface area contributed by atoms with Crippen molar-refractivity contribution in [1.29, 1.82) is 0 Å². The molecular weight excluding hydrogens is 244 g/mol. The molecule has 0 bridgehead atoms. The first-order chi connectivity index (χ1) is 8.93. The van der Waals surface area contributed by atoms with Gasteiger partial charge in [0.15, 0.2) is 0 Å².